The summed E-state index contributed by atoms with van der Waals surface area (Å²) in [4.78, 5) is 10.5. The first-order chi connectivity index (χ1) is 9.92. The van der Waals surface area contributed by atoms with Gasteiger partial charge in [-0.25, -0.2) is 4.39 Å². The maximum atomic E-state index is 13.9. The van der Waals surface area contributed by atoms with Crippen molar-refractivity contribution in [1.29, 1.82) is 0 Å². The molecule has 110 valence electrons. The van der Waals surface area contributed by atoms with Gasteiger partial charge in [0.15, 0.2) is 11.6 Å². The highest BCUT2D eigenvalue weighted by atomic mass is 35.5. The number of ether oxygens (including phenoxy) is 1. The van der Waals surface area contributed by atoms with Crippen LogP contribution in [0.1, 0.15) is 16.7 Å². The van der Waals surface area contributed by atoms with Crippen molar-refractivity contribution in [2.75, 3.05) is 0 Å². The zero-order valence-electron chi connectivity index (χ0n) is 11.5. The molecule has 0 spiro atoms. The van der Waals surface area contributed by atoms with Gasteiger partial charge < -0.3 is 4.74 Å². The highest BCUT2D eigenvalue weighted by Crippen LogP contribution is 2.32. The van der Waals surface area contributed by atoms with Crippen LogP contribution in [0.5, 0.6) is 11.5 Å². The van der Waals surface area contributed by atoms with E-state index in [2.05, 4.69) is 0 Å². The minimum atomic E-state index is -0.559. The Hall–Kier alpha value is -2.14. The molecule has 6 heteroatoms. The van der Waals surface area contributed by atoms with Gasteiger partial charge in [-0.3, -0.25) is 10.1 Å². The Morgan fingerprint density at radius 1 is 1.19 bits per heavy atom. The van der Waals surface area contributed by atoms with Crippen LogP contribution in [0.3, 0.4) is 0 Å². The maximum Gasteiger partial charge on any atom is 0.276 e. The lowest BCUT2D eigenvalue weighted by Gasteiger charge is -2.11. The molecule has 0 bridgehead atoms. The molecule has 2 aromatic carbocycles. The molecule has 2 aromatic rings. The van der Waals surface area contributed by atoms with Gasteiger partial charge in [-0.2, -0.15) is 0 Å². The molecular weight excluding hydrogens is 297 g/mol. The van der Waals surface area contributed by atoms with Gasteiger partial charge in [0.1, 0.15) is 5.75 Å². The average Bonchev–Trinajstić information content (AvgIpc) is 2.43. The lowest BCUT2D eigenvalue weighted by Crippen LogP contribution is -1.96. The normalized spacial score (nSPS) is 10.5. The number of hydrogen-bond acceptors (Lipinski definition) is 3. The molecule has 0 radical (unpaired) electrons. The van der Waals surface area contributed by atoms with E-state index in [4.69, 9.17) is 16.3 Å². The summed E-state index contributed by atoms with van der Waals surface area (Å²) >= 11 is 5.63. The molecule has 0 aliphatic rings. The van der Waals surface area contributed by atoms with Crippen molar-refractivity contribution in [2.45, 2.75) is 19.7 Å². The molecule has 0 N–H and O–H groups in total. The molecule has 21 heavy (non-hydrogen) atoms. The van der Waals surface area contributed by atoms with Crippen LogP contribution in [0, 0.1) is 29.8 Å². The standard InChI is InChI=1S/C15H13ClFNO3/c1-9-5-10(2)15(7-13(9)18(19)20)21-14-4-3-11(8-16)6-12(14)17/h3-7H,8H2,1-2H3. The van der Waals surface area contributed by atoms with E-state index >= 15 is 0 Å². The van der Waals surface area contributed by atoms with Gasteiger partial charge in [-0.1, -0.05) is 6.07 Å². The van der Waals surface area contributed by atoms with E-state index in [1.54, 1.807) is 26.0 Å². The minimum Gasteiger partial charge on any atom is -0.454 e. The summed E-state index contributed by atoms with van der Waals surface area (Å²) in [5.41, 5.74) is 1.79. The number of nitro groups is 1. The van der Waals surface area contributed by atoms with Crippen molar-refractivity contribution in [3.63, 3.8) is 0 Å². The molecule has 0 fully saturated rings. The van der Waals surface area contributed by atoms with Crippen LogP contribution < -0.4 is 4.74 Å². The van der Waals surface area contributed by atoms with Crippen LogP contribution >= 0.6 is 11.6 Å². The van der Waals surface area contributed by atoms with Crippen molar-refractivity contribution >= 4 is 17.3 Å². The Bertz CT molecular complexity index is 704. The molecule has 0 saturated carbocycles. The lowest BCUT2D eigenvalue weighted by atomic mass is 10.1. The molecule has 0 aliphatic carbocycles. The largest absolute Gasteiger partial charge is 0.454 e. The summed E-state index contributed by atoms with van der Waals surface area (Å²) in [7, 11) is 0. The Kier molecular flexibility index (Phi) is 4.43. The number of aryl methyl sites for hydroxylation is 2. The molecule has 0 aliphatic heterocycles. The van der Waals surface area contributed by atoms with E-state index in [0.29, 0.717) is 16.7 Å². The first-order valence-corrected chi connectivity index (χ1v) is 6.73. The quantitative estimate of drug-likeness (QED) is 0.459. The van der Waals surface area contributed by atoms with E-state index in [1.807, 2.05) is 0 Å². The van der Waals surface area contributed by atoms with Gasteiger partial charge in [0.2, 0.25) is 0 Å². The predicted molar refractivity (Wildman–Crippen MR) is 78.6 cm³/mol. The summed E-state index contributed by atoms with van der Waals surface area (Å²) in [6, 6.07) is 7.32. The van der Waals surface area contributed by atoms with Crippen LogP contribution in [-0.4, -0.2) is 4.92 Å². The third-order valence-corrected chi connectivity index (χ3v) is 3.37. The van der Waals surface area contributed by atoms with Crippen molar-refractivity contribution in [2.24, 2.45) is 0 Å². The van der Waals surface area contributed by atoms with Crippen LogP contribution in [0.15, 0.2) is 30.3 Å². The third kappa shape index (κ3) is 3.31. The van der Waals surface area contributed by atoms with Gasteiger partial charge in [-0.15, -0.1) is 11.6 Å². The van der Waals surface area contributed by atoms with E-state index in [1.165, 1.54) is 18.2 Å². The fourth-order valence-corrected chi connectivity index (χ4v) is 2.12. The van der Waals surface area contributed by atoms with Crippen LogP contribution in [0.25, 0.3) is 0 Å². The van der Waals surface area contributed by atoms with Crippen molar-refractivity contribution in [3.05, 3.63) is 63.0 Å². The summed E-state index contributed by atoms with van der Waals surface area (Å²) in [5.74, 6) is -0.0996. The van der Waals surface area contributed by atoms with Crippen LogP contribution in [-0.2, 0) is 5.88 Å². The zero-order chi connectivity index (χ0) is 15.6. The molecule has 2 rings (SSSR count). The maximum absolute atomic E-state index is 13.9. The molecule has 0 heterocycles. The van der Waals surface area contributed by atoms with Gasteiger partial charge >= 0.3 is 0 Å². The summed E-state index contributed by atoms with van der Waals surface area (Å²) in [6.07, 6.45) is 0. The number of nitro benzene ring substituents is 1. The van der Waals surface area contributed by atoms with Crippen molar-refractivity contribution < 1.29 is 14.1 Å². The Morgan fingerprint density at radius 3 is 2.48 bits per heavy atom. The monoisotopic (exact) mass is 309 g/mol. The number of rotatable bonds is 4. The molecule has 4 nitrogen and oxygen atoms in total. The van der Waals surface area contributed by atoms with Gasteiger partial charge in [0, 0.05) is 11.4 Å². The fourth-order valence-electron chi connectivity index (χ4n) is 1.96. The highest BCUT2D eigenvalue weighted by molar-refractivity contribution is 6.17. The molecule has 0 amide bonds. The minimum absolute atomic E-state index is 0.00474. The molecule has 0 atom stereocenters. The smallest absolute Gasteiger partial charge is 0.276 e. The Morgan fingerprint density at radius 2 is 1.90 bits per heavy atom. The molecule has 0 aromatic heterocycles. The summed E-state index contributed by atoms with van der Waals surface area (Å²) in [6.45, 7) is 3.39. The van der Waals surface area contributed by atoms with E-state index in [-0.39, 0.29) is 23.1 Å². The molecular formula is C15H13ClFNO3. The number of alkyl halides is 1. The van der Waals surface area contributed by atoms with Crippen LogP contribution in [0.4, 0.5) is 10.1 Å². The first-order valence-electron chi connectivity index (χ1n) is 6.20. The predicted octanol–water partition coefficient (Wildman–Crippen LogP) is 4.88. The average molecular weight is 310 g/mol. The number of nitrogens with zero attached hydrogens (tertiary/aromatic N) is 1. The Balaban J connectivity index is 2.39. The molecule has 0 saturated heterocycles. The van der Waals surface area contributed by atoms with Crippen molar-refractivity contribution in [1.82, 2.24) is 0 Å². The number of benzene rings is 2. The topological polar surface area (TPSA) is 52.4 Å². The van der Waals surface area contributed by atoms with E-state index in [9.17, 15) is 14.5 Å². The van der Waals surface area contributed by atoms with Gasteiger partial charge in [-0.05, 0) is 43.2 Å². The van der Waals surface area contributed by atoms with Crippen molar-refractivity contribution in [3.8, 4) is 11.5 Å². The van der Waals surface area contributed by atoms with E-state index < -0.39 is 10.7 Å². The van der Waals surface area contributed by atoms with E-state index in [0.717, 1.165) is 0 Å². The zero-order valence-corrected chi connectivity index (χ0v) is 12.3. The number of hydrogen-bond donors (Lipinski definition) is 0. The summed E-state index contributed by atoms with van der Waals surface area (Å²) < 4.78 is 19.3. The first kappa shape index (κ1) is 15.3. The Labute approximate surface area is 126 Å². The fraction of sp³-hybridized carbons (Fsp3) is 0.200. The SMILES string of the molecule is Cc1cc(C)c([N+](=O)[O-])cc1Oc1ccc(CCl)cc1F. The van der Waals surface area contributed by atoms with Gasteiger partial charge in [0.05, 0.1) is 11.0 Å². The highest BCUT2D eigenvalue weighted by Gasteiger charge is 2.16. The number of halogens is 2. The second-order valence-electron chi connectivity index (χ2n) is 4.66. The van der Waals surface area contributed by atoms with Gasteiger partial charge in [0.25, 0.3) is 5.69 Å². The second kappa shape index (κ2) is 6.10. The lowest BCUT2D eigenvalue weighted by molar-refractivity contribution is -0.385. The second-order valence-corrected chi connectivity index (χ2v) is 4.93. The molecule has 0 unspecified atom stereocenters. The third-order valence-electron chi connectivity index (χ3n) is 3.06. The van der Waals surface area contributed by atoms with Crippen LogP contribution in [0.2, 0.25) is 0 Å². The summed E-state index contributed by atoms with van der Waals surface area (Å²) in [5, 5.41) is 10.9.